The Balaban J connectivity index is 1.69. The summed E-state index contributed by atoms with van der Waals surface area (Å²) in [5, 5.41) is 23.0. The first-order chi connectivity index (χ1) is 14.1. The Morgan fingerprint density at radius 1 is 1.06 bits per heavy atom. The molecule has 20 heteroatoms. The second kappa shape index (κ2) is 8.33. The number of hydrogen-bond donors (Lipinski definition) is 7. The monoisotopic (exact) mass is 508 g/mol. The molecule has 17 nitrogen and oxygen atoms in total. The lowest BCUT2D eigenvalue weighted by atomic mass is 10.1. The van der Waals surface area contributed by atoms with Gasteiger partial charge in [-0.15, -0.1) is 0 Å². The van der Waals surface area contributed by atoms with Crippen molar-refractivity contribution in [3.63, 3.8) is 0 Å². The van der Waals surface area contributed by atoms with Crippen molar-refractivity contribution < 1.29 is 70.6 Å². The number of phosphoric acid groups is 3. The zero-order valence-electron chi connectivity index (χ0n) is 15.0. The normalized spacial score (nSPS) is 36.5. The molecule has 2 bridgehead atoms. The smallest absolute Gasteiger partial charge is 0.387 e. The SMILES string of the molecule is O=C1NC2=NC=C[N+]1([C@@H]1O[C@H](COP(=O)(O)OP(=O)(O)OP(=O)(O)O)[C@@H](O)[C@H]1O)C=C2. The van der Waals surface area contributed by atoms with E-state index in [1.807, 2.05) is 0 Å². The van der Waals surface area contributed by atoms with Gasteiger partial charge < -0.3 is 34.5 Å². The van der Waals surface area contributed by atoms with Gasteiger partial charge in [-0.1, -0.05) is 0 Å². The van der Waals surface area contributed by atoms with Gasteiger partial charge in [-0.25, -0.2) is 23.5 Å². The van der Waals surface area contributed by atoms with Crippen LogP contribution in [-0.2, 0) is 31.6 Å². The van der Waals surface area contributed by atoms with Crippen LogP contribution >= 0.6 is 23.5 Å². The summed E-state index contributed by atoms with van der Waals surface area (Å²) in [6.07, 6.45) is -1.15. The van der Waals surface area contributed by atoms with Gasteiger partial charge in [0.2, 0.25) is 6.23 Å². The van der Waals surface area contributed by atoms with Crippen LogP contribution in [0.15, 0.2) is 29.7 Å². The number of rotatable bonds is 8. The van der Waals surface area contributed by atoms with Gasteiger partial charge in [-0.2, -0.15) is 13.1 Å². The first kappa shape index (κ1) is 24.5. The molecule has 4 rings (SSSR count). The Morgan fingerprint density at radius 2 is 1.74 bits per heavy atom. The lowest BCUT2D eigenvalue weighted by Gasteiger charge is -2.34. The van der Waals surface area contributed by atoms with Gasteiger partial charge in [0.15, 0.2) is 6.10 Å². The average Bonchev–Trinajstić information content (AvgIpc) is 2.76. The number of aliphatic hydroxyl groups is 2. The summed E-state index contributed by atoms with van der Waals surface area (Å²) < 4.78 is 50.0. The van der Waals surface area contributed by atoms with Crippen molar-refractivity contribution in [1.29, 1.82) is 0 Å². The van der Waals surface area contributed by atoms with Crippen LogP contribution in [-0.4, -0.2) is 77.3 Å². The minimum absolute atomic E-state index is 0.227. The van der Waals surface area contributed by atoms with Crippen LogP contribution in [0.25, 0.3) is 0 Å². The molecule has 174 valence electrons. The van der Waals surface area contributed by atoms with E-state index in [1.165, 1.54) is 24.7 Å². The molecule has 7 N–H and O–H groups in total. The van der Waals surface area contributed by atoms with E-state index in [0.29, 0.717) is 0 Å². The summed E-state index contributed by atoms with van der Waals surface area (Å²) in [5.74, 6) is 0.227. The van der Waals surface area contributed by atoms with Crippen molar-refractivity contribution in [3.05, 3.63) is 24.7 Å². The number of quaternary nitrogens is 1. The number of carbonyl (C=O) groups excluding carboxylic acids is 1. The Kier molecular flexibility index (Phi) is 6.59. The van der Waals surface area contributed by atoms with Crippen molar-refractivity contribution in [1.82, 2.24) is 5.32 Å². The van der Waals surface area contributed by atoms with E-state index >= 15 is 0 Å². The number of carbonyl (C=O) groups is 1. The zero-order valence-corrected chi connectivity index (χ0v) is 17.7. The summed E-state index contributed by atoms with van der Waals surface area (Å²) in [7, 11) is -16.8. The van der Waals surface area contributed by atoms with Crippen molar-refractivity contribution in [2.24, 2.45) is 4.99 Å². The number of aliphatic imine (C=N–C) groups is 1. The summed E-state index contributed by atoms with van der Waals surface area (Å²) in [5.41, 5.74) is 0. The third-order valence-electron chi connectivity index (χ3n) is 4.17. The lowest BCUT2D eigenvalue weighted by Crippen LogP contribution is -2.61. The summed E-state index contributed by atoms with van der Waals surface area (Å²) in [6, 6.07) is -0.681. The van der Waals surface area contributed by atoms with E-state index in [4.69, 9.17) is 19.4 Å². The van der Waals surface area contributed by atoms with Crippen LogP contribution in [0, 0.1) is 0 Å². The van der Waals surface area contributed by atoms with Crippen LogP contribution in [0.3, 0.4) is 0 Å². The number of phosphoric ester groups is 1. The Morgan fingerprint density at radius 3 is 2.35 bits per heavy atom. The summed E-state index contributed by atoms with van der Waals surface area (Å²) in [6.45, 7) is -1.00. The number of fused-ring (bicyclic) bond motifs is 2. The van der Waals surface area contributed by atoms with Gasteiger partial charge in [0.1, 0.15) is 30.4 Å². The van der Waals surface area contributed by atoms with Crippen molar-refractivity contribution in [2.75, 3.05) is 6.61 Å². The minimum atomic E-state index is -5.72. The first-order valence-electron chi connectivity index (χ1n) is 8.08. The largest absolute Gasteiger partial charge is 0.490 e. The number of amidine groups is 1. The van der Waals surface area contributed by atoms with Crippen LogP contribution in [0.2, 0.25) is 0 Å². The van der Waals surface area contributed by atoms with E-state index in [0.717, 1.165) is 0 Å². The molecule has 7 atom stereocenters. The highest BCUT2D eigenvalue weighted by atomic mass is 31.3. The number of urea groups is 1. The molecule has 3 unspecified atom stereocenters. The molecule has 0 aliphatic carbocycles. The maximum atomic E-state index is 12.5. The molecule has 4 aliphatic rings. The quantitative estimate of drug-likeness (QED) is 0.149. The Labute approximate surface area is 172 Å². The zero-order chi connectivity index (χ0) is 23.2. The number of nitrogens with zero attached hydrogens (tertiary/aromatic N) is 2. The molecule has 31 heavy (non-hydrogen) atoms. The van der Waals surface area contributed by atoms with Crippen LogP contribution in [0.1, 0.15) is 0 Å². The number of aliphatic hydroxyl groups excluding tert-OH is 2. The molecule has 1 fully saturated rings. The molecule has 0 saturated carbocycles. The first-order valence-corrected chi connectivity index (χ1v) is 12.6. The predicted octanol–water partition coefficient (Wildman–Crippen LogP) is -1.29. The average molecular weight is 508 g/mol. The third-order valence-corrected chi connectivity index (χ3v) is 7.97. The van der Waals surface area contributed by atoms with E-state index < -0.39 is 65.1 Å². The second-order valence-electron chi connectivity index (χ2n) is 6.33. The maximum Gasteiger partial charge on any atom is 0.490 e. The molecule has 0 radical (unpaired) electrons. The van der Waals surface area contributed by atoms with Gasteiger partial charge in [0.25, 0.3) is 0 Å². The van der Waals surface area contributed by atoms with Gasteiger partial charge in [0.05, 0.1) is 12.8 Å². The fourth-order valence-electron chi connectivity index (χ4n) is 2.90. The van der Waals surface area contributed by atoms with Crippen LogP contribution in [0.4, 0.5) is 4.79 Å². The fraction of sp³-hybridized carbons (Fsp3) is 0.455. The lowest BCUT2D eigenvalue weighted by molar-refractivity contribution is -0.806. The van der Waals surface area contributed by atoms with Crippen molar-refractivity contribution in [3.8, 4) is 0 Å². The minimum Gasteiger partial charge on any atom is -0.387 e. The molecule has 0 aromatic heterocycles. The molecule has 0 aromatic carbocycles. The third kappa shape index (κ3) is 5.45. The Bertz CT molecular complexity index is 991. The fourth-order valence-corrected chi connectivity index (χ4v) is 5.93. The van der Waals surface area contributed by atoms with Gasteiger partial charge in [0, 0.05) is 6.08 Å². The molecule has 0 spiro atoms. The van der Waals surface area contributed by atoms with E-state index in [9.17, 15) is 33.6 Å². The van der Waals surface area contributed by atoms with Crippen LogP contribution in [0.5, 0.6) is 0 Å². The molecule has 4 aliphatic heterocycles. The molecule has 1 saturated heterocycles. The molecule has 2 amide bonds. The highest BCUT2D eigenvalue weighted by Gasteiger charge is 2.58. The summed E-state index contributed by atoms with van der Waals surface area (Å²) in [4.78, 5) is 52.0. The number of hydrogen-bond acceptors (Lipinski definition) is 11. The number of ether oxygens (including phenoxy) is 1. The van der Waals surface area contributed by atoms with Crippen molar-refractivity contribution in [2.45, 2.75) is 24.5 Å². The van der Waals surface area contributed by atoms with E-state index in [2.05, 4.69) is 23.5 Å². The second-order valence-corrected chi connectivity index (χ2v) is 10.7. The standard InChI is InChI=1S/C11H16N3O14P3/c15-8-6(5-25-30(21,22)28-31(23,24)27-29(18,19)20)26-10(9(8)16)14-3-1-7(12-2-4-14)13-11(14)17/h1-4,6,8-10,15-16H,5H2,(H4-,12,13,17,18,19,20,21,22,23,24)/p+1/t6-,8-,9-,10-,14?/m1/s1. The van der Waals surface area contributed by atoms with E-state index in [1.54, 1.807) is 0 Å². The summed E-state index contributed by atoms with van der Waals surface area (Å²) >= 11 is 0. The van der Waals surface area contributed by atoms with Gasteiger partial charge >= 0.3 is 29.5 Å². The van der Waals surface area contributed by atoms with Gasteiger partial charge in [-0.05, 0) is 0 Å². The Hall–Kier alpha value is -1.13. The van der Waals surface area contributed by atoms with E-state index in [-0.39, 0.29) is 5.84 Å². The molecular formula is C11H17N3O14P3+. The predicted molar refractivity (Wildman–Crippen MR) is 95.0 cm³/mol. The highest BCUT2D eigenvalue weighted by Crippen LogP contribution is 2.66. The number of nitrogens with one attached hydrogen (secondary N) is 1. The molecule has 0 aromatic rings. The molecular weight excluding hydrogens is 491 g/mol. The highest BCUT2D eigenvalue weighted by molar-refractivity contribution is 7.66. The topological polar surface area (TPSA) is 251 Å². The molecule has 4 heterocycles. The van der Waals surface area contributed by atoms with Crippen molar-refractivity contribution >= 4 is 35.3 Å². The maximum absolute atomic E-state index is 12.5. The number of amides is 2. The van der Waals surface area contributed by atoms with Gasteiger partial charge in [-0.3, -0.25) is 9.84 Å². The van der Waals surface area contributed by atoms with Crippen LogP contribution < -0.4 is 5.32 Å².